The van der Waals surface area contributed by atoms with Crippen LogP contribution in [0.2, 0.25) is 0 Å². The van der Waals surface area contributed by atoms with Gasteiger partial charge in [-0.15, -0.1) is 0 Å². The van der Waals surface area contributed by atoms with Crippen molar-refractivity contribution in [3.8, 4) is 5.75 Å². The summed E-state index contributed by atoms with van der Waals surface area (Å²) in [6, 6.07) is 8.59. The lowest BCUT2D eigenvalue weighted by molar-refractivity contribution is -0.0587. The Hall–Kier alpha value is -2.05. The molecule has 1 amide bonds. The molecule has 2 aliphatic rings. The molecule has 2 unspecified atom stereocenters. The summed E-state index contributed by atoms with van der Waals surface area (Å²) in [7, 11) is 0. The second-order valence-electron chi connectivity index (χ2n) is 8.85. The van der Waals surface area contributed by atoms with Crippen LogP contribution in [0.3, 0.4) is 0 Å². The summed E-state index contributed by atoms with van der Waals surface area (Å²) in [5.41, 5.74) is 1.59. The number of rotatable bonds is 4. The highest BCUT2D eigenvalue weighted by Crippen LogP contribution is 2.26. The highest BCUT2D eigenvalue weighted by Gasteiger charge is 2.27. The van der Waals surface area contributed by atoms with Crippen molar-refractivity contribution >= 4 is 16.8 Å². The molecule has 0 aliphatic carbocycles. The van der Waals surface area contributed by atoms with Crippen molar-refractivity contribution in [1.82, 2.24) is 14.8 Å². The first-order valence-electron chi connectivity index (χ1n) is 10.9. The number of amides is 1. The summed E-state index contributed by atoms with van der Waals surface area (Å²) in [5, 5.41) is 1.01. The predicted molar refractivity (Wildman–Crippen MR) is 115 cm³/mol. The van der Waals surface area contributed by atoms with E-state index in [0.29, 0.717) is 24.8 Å². The Morgan fingerprint density at radius 2 is 1.83 bits per heavy atom. The summed E-state index contributed by atoms with van der Waals surface area (Å²) in [5.74, 6) is 0.916. The zero-order valence-electron chi connectivity index (χ0n) is 18.0. The van der Waals surface area contributed by atoms with E-state index in [4.69, 9.17) is 9.47 Å². The van der Waals surface area contributed by atoms with Crippen molar-refractivity contribution in [1.29, 1.82) is 0 Å². The minimum Gasteiger partial charge on any atom is -0.490 e. The monoisotopic (exact) mass is 399 g/mol. The molecule has 0 saturated carbocycles. The molecule has 1 N–H and O–H groups in total. The first kappa shape index (κ1) is 20.2. The van der Waals surface area contributed by atoms with Crippen LogP contribution in [0.5, 0.6) is 5.75 Å². The Morgan fingerprint density at radius 3 is 2.48 bits per heavy atom. The summed E-state index contributed by atoms with van der Waals surface area (Å²) in [4.78, 5) is 20.6. The second-order valence-corrected chi connectivity index (χ2v) is 8.85. The molecule has 2 fully saturated rings. The van der Waals surface area contributed by atoms with Crippen molar-refractivity contribution < 1.29 is 14.3 Å². The molecule has 158 valence electrons. The van der Waals surface area contributed by atoms with E-state index in [-0.39, 0.29) is 24.2 Å². The zero-order chi connectivity index (χ0) is 20.5. The third kappa shape index (κ3) is 4.59. The average Bonchev–Trinajstić information content (AvgIpc) is 3.10. The number of piperidine rings is 1. The molecule has 4 rings (SSSR count). The van der Waals surface area contributed by atoms with Gasteiger partial charge in [0.2, 0.25) is 0 Å². The van der Waals surface area contributed by atoms with Crippen molar-refractivity contribution in [2.24, 2.45) is 0 Å². The molecule has 0 bridgehead atoms. The first-order valence-corrected chi connectivity index (χ1v) is 10.9. The Morgan fingerprint density at radius 1 is 1.14 bits per heavy atom. The number of aromatic nitrogens is 1. The molecule has 2 saturated heterocycles. The third-order valence-electron chi connectivity index (χ3n) is 6.04. The number of nitrogens with zero attached hydrogens (tertiary/aromatic N) is 2. The molecule has 1 aromatic heterocycles. The van der Waals surface area contributed by atoms with E-state index in [2.05, 4.69) is 23.7 Å². The van der Waals surface area contributed by atoms with Crippen molar-refractivity contribution in [3.63, 3.8) is 0 Å². The Balaban J connectivity index is 1.43. The minimum atomic E-state index is 0.0340. The van der Waals surface area contributed by atoms with Crippen LogP contribution < -0.4 is 4.74 Å². The lowest BCUT2D eigenvalue weighted by Crippen LogP contribution is -2.48. The van der Waals surface area contributed by atoms with Crippen molar-refractivity contribution in [2.75, 3.05) is 26.2 Å². The van der Waals surface area contributed by atoms with Crippen LogP contribution in [-0.2, 0) is 4.74 Å². The van der Waals surface area contributed by atoms with E-state index < -0.39 is 0 Å². The molecular weight excluding hydrogens is 366 g/mol. The predicted octanol–water partition coefficient (Wildman–Crippen LogP) is 3.67. The number of carbonyl (C=O) groups excluding carboxylic acids is 1. The van der Waals surface area contributed by atoms with Gasteiger partial charge in [-0.3, -0.25) is 4.79 Å². The number of hydrogen-bond donors (Lipinski definition) is 1. The number of fused-ring (bicyclic) bond motifs is 1. The van der Waals surface area contributed by atoms with Crippen LogP contribution in [0.15, 0.2) is 24.3 Å². The van der Waals surface area contributed by atoms with Gasteiger partial charge in [-0.25, -0.2) is 0 Å². The number of carbonyl (C=O) groups is 1. The van der Waals surface area contributed by atoms with Gasteiger partial charge in [0.15, 0.2) is 0 Å². The Labute approximate surface area is 173 Å². The molecule has 6 nitrogen and oxygen atoms in total. The summed E-state index contributed by atoms with van der Waals surface area (Å²) >= 11 is 0. The molecular formula is C23H33N3O3. The van der Waals surface area contributed by atoms with Gasteiger partial charge in [0.05, 0.1) is 12.2 Å². The van der Waals surface area contributed by atoms with E-state index in [1.54, 1.807) is 0 Å². The normalized spacial score (nSPS) is 24.4. The summed E-state index contributed by atoms with van der Waals surface area (Å²) in [6.07, 6.45) is 2.50. The smallest absolute Gasteiger partial charge is 0.270 e. The largest absolute Gasteiger partial charge is 0.490 e. The Kier molecular flexibility index (Phi) is 5.83. The number of H-pyrrole nitrogens is 1. The lowest BCUT2D eigenvalue weighted by Gasteiger charge is -2.35. The molecule has 6 heteroatoms. The molecule has 2 aliphatic heterocycles. The molecule has 1 aromatic carbocycles. The van der Waals surface area contributed by atoms with Crippen LogP contribution in [0.4, 0.5) is 0 Å². The first-order chi connectivity index (χ1) is 13.9. The van der Waals surface area contributed by atoms with E-state index in [1.165, 1.54) is 0 Å². The maximum Gasteiger partial charge on any atom is 0.270 e. The van der Waals surface area contributed by atoms with Crippen molar-refractivity contribution in [2.45, 2.75) is 64.9 Å². The second kappa shape index (κ2) is 8.36. The van der Waals surface area contributed by atoms with E-state index in [9.17, 15) is 4.79 Å². The molecule has 0 spiro atoms. The van der Waals surface area contributed by atoms with Crippen LogP contribution >= 0.6 is 0 Å². The molecule has 3 heterocycles. The van der Waals surface area contributed by atoms with Gasteiger partial charge in [-0.2, -0.15) is 0 Å². The van der Waals surface area contributed by atoms with E-state index >= 15 is 0 Å². The quantitative estimate of drug-likeness (QED) is 0.852. The highest BCUT2D eigenvalue weighted by molar-refractivity contribution is 5.98. The number of likely N-dealkylation sites (tertiary alicyclic amines) is 1. The van der Waals surface area contributed by atoms with Gasteiger partial charge in [-0.1, -0.05) is 0 Å². The maximum absolute atomic E-state index is 13.0. The van der Waals surface area contributed by atoms with Gasteiger partial charge in [-0.05, 0) is 64.8 Å². The number of ether oxygens (including phenoxy) is 2. The van der Waals surface area contributed by atoms with Gasteiger partial charge in [0.25, 0.3) is 5.91 Å². The van der Waals surface area contributed by atoms with Crippen LogP contribution in [0.1, 0.15) is 51.0 Å². The maximum atomic E-state index is 13.0. The minimum absolute atomic E-state index is 0.0340. The topological polar surface area (TPSA) is 57.8 Å². The van der Waals surface area contributed by atoms with Gasteiger partial charge in [0, 0.05) is 43.1 Å². The number of benzene rings is 1. The van der Waals surface area contributed by atoms with E-state index in [0.717, 1.165) is 42.6 Å². The van der Waals surface area contributed by atoms with Gasteiger partial charge >= 0.3 is 0 Å². The standard InChI is InChI=1S/C23H33N3O3/c1-15(2)25-9-7-19(8-10-25)29-20-5-6-21-18(11-20)12-22(24-21)23(27)26-13-16(3)28-17(4)14-26/h5-6,11-12,15-17,19,24H,7-10,13-14H2,1-4H3. The third-order valence-corrected chi connectivity index (χ3v) is 6.04. The fraction of sp³-hybridized carbons (Fsp3) is 0.609. The van der Waals surface area contributed by atoms with Crippen LogP contribution in [-0.4, -0.2) is 71.2 Å². The number of nitrogens with one attached hydrogen (secondary N) is 1. The van der Waals surface area contributed by atoms with Crippen molar-refractivity contribution in [3.05, 3.63) is 30.0 Å². The number of hydrogen-bond acceptors (Lipinski definition) is 4. The van der Waals surface area contributed by atoms with Crippen LogP contribution in [0.25, 0.3) is 10.9 Å². The molecule has 0 radical (unpaired) electrons. The average molecular weight is 400 g/mol. The van der Waals surface area contributed by atoms with E-state index in [1.807, 2.05) is 43.0 Å². The zero-order valence-corrected chi connectivity index (χ0v) is 18.0. The van der Waals surface area contributed by atoms with Crippen LogP contribution in [0, 0.1) is 0 Å². The molecule has 2 aromatic rings. The summed E-state index contributed by atoms with van der Waals surface area (Å²) in [6.45, 7) is 11.9. The molecule has 2 atom stereocenters. The van der Waals surface area contributed by atoms with Gasteiger partial charge < -0.3 is 24.3 Å². The fourth-order valence-corrected chi connectivity index (χ4v) is 4.52. The van der Waals surface area contributed by atoms with Gasteiger partial charge in [0.1, 0.15) is 17.5 Å². The highest BCUT2D eigenvalue weighted by atomic mass is 16.5. The fourth-order valence-electron chi connectivity index (χ4n) is 4.52. The number of morpholine rings is 1. The Bertz CT molecular complexity index is 844. The lowest BCUT2D eigenvalue weighted by atomic mass is 10.1. The molecule has 29 heavy (non-hydrogen) atoms. The SMILES string of the molecule is CC1CN(C(=O)c2cc3cc(OC4CCN(C(C)C)CC4)ccc3[nH]2)CC(C)O1. The number of aromatic amines is 1. The summed E-state index contributed by atoms with van der Waals surface area (Å²) < 4.78 is 12.0.